The second kappa shape index (κ2) is 38.7. The SMILES string of the molecule is CCCCCCCCCC(CCCCCCCCC)CCOC(=O)CCC12CC3CC(CCC(=O)OCCNc4c(NC)c(=O)c4=O)(C1)CC(C(C)C(=O)OCCC(CCCCCCCCC)CCCCCCCCC)(C3)C2. The standard InChI is InChI=1S/C68H120N2O8/c1-7-11-15-19-23-27-31-35-56(36-32-28-24-20-16-12-8-2)41-46-76-59(71)39-43-66-49-58-50-67(52-66,44-40-60(72)77-48-45-70-62-61(69-6)63(73)64(62)74)54-68(51-58,53-66)55(5)65(75)78-47-42-57(37-33-29-25-21-17-13-9-3)38-34-30-26-22-18-14-10-4/h55-58,69-70H,7-54H2,1-6H3. The van der Waals surface area contributed by atoms with Crippen molar-refractivity contribution in [3.63, 3.8) is 0 Å². The molecule has 0 aromatic heterocycles. The number of hydrogen-bond donors (Lipinski definition) is 2. The molecule has 4 aliphatic rings. The Morgan fingerprint density at radius 2 is 0.846 bits per heavy atom. The Balaban J connectivity index is 1.38. The van der Waals surface area contributed by atoms with Gasteiger partial charge in [0.15, 0.2) is 0 Å². The van der Waals surface area contributed by atoms with Crippen LogP contribution < -0.4 is 21.5 Å². The largest absolute Gasteiger partial charge is 0.466 e. The van der Waals surface area contributed by atoms with Gasteiger partial charge in [0, 0.05) is 26.4 Å². The number of esters is 3. The number of rotatable bonds is 51. The van der Waals surface area contributed by atoms with Crippen LogP contribution in [0.4, 0.5) is 11.4 Å². The second-order valence-electron chi connectivity index (χ2n) is 26.2. The van der Waals surface area contributed by atoms with Gasteiger partial charge in [-0.3, -0.25) is 24.0 Å². The van der Waals surface area contributed by atoms with Crippen molar-refractivity contribution in [2.75, 3.05) is 44.0 Å². The summed E-state index contributed by atoms with van der Waals surface area (Å²) in [5, 5.41) is 5.73. The van der Waals surface area contributed by atoms with Gasteiger partial charge in [0.05, 0.1) is 19.1 Å². The van der Waals surface area contributed by atoms with Crippen LogP contribution >= 0.6 is 0 Å². The van der Waals surface area contributed by atoms with Crippen molar-refractivity contribution < 1.29 is 28.6 Å². The number of nitrogens with one attached hydrogen (secondary N) is 2. The fraction of sp³-hybridized carbons (Fsp3) is 0.897. The highest BCUT2D eigenvalue weighted by molar-refractivity contribution is 5.74. The molecule has 4 fully saturated rings. The van der Waals surface area contributed by atoms with Gasteiger partial charge in [-0.1, -0.05) is 240 Å². The number of hydrogen-bond acceptors (Lipinski definition) is 10. The molecule has 0 saturated heterocycles. The van der Waals surface area contributed by atoms with Crippen LogP contribution in [-0.2, 0) is 28.6 Å². The lowest BCUT2D eigenvalue weighted by Gasteiger charge is -2.68. The van der Waals surface area contributed by atoms with Crippen LogP contribution in [-0.4, -0.2) is 51.3 Å². The summed E-state index contributed by atoms with van der Waals surface area (Å²) in [5.41, 5.74) is -1.05. The van der Waals surface area contributed by atoms with Crippen LogP contribution in [0, 0.1) is 39.9 Å². The zero-order valence-corrected chi connectivity index (χ0v) is 51.5. The summed E-state index contributed by atoms with van der Waals surface area (Å²) < 4.78 is 18.2. The molecular formula is C68H120N2O8. The highest BCUT2D eigenvalue weighted by Crippen LogP contribution is 2.73. The molecule has 0 radical (unpaired) electrons. The summed E-state index contributed by atoms with van der Waals surface area (Å²) in [4.78, 5) is 65.6. The van der Waals surface area contributed by atoms with Gasteiger partial charge in [-0.2, -0.15) is 0 Å². The van der Waals surface area contributed by atoms with E-state index in [1.165, 1.54) is 205 Å². The maximum absolute atomic E-state index is 14.5. The first-order valence-electron chi connectivity index (χ1n) is 33.6. The van der Waals surface area contributed by atoms with Gasteiger partial charge in [0.2, 0.25) is 0 Å². The van der Waals surface area contributed by atoms with E-state index >= 15 is 0 Å². The predicted octanol–water partition coefficient (Wildman–Crippen LogP) is 18.1. The molecule has 5 rings (SSSR count). The van der Waals surface area contributed by atoms with Crippen LogP contribution in [0.1, 0.15) is 317 Å². The monoisotopic (exact) mass is 1090 g/mol. The smallest absolute Gasteiger partial charge is 0.309 e. The maximum atomic E-state index is 14.5. The normalized spacial score (nSPS) is 20.9. The van der Waals surface area contributed by atoms with E-state index in [0.717, 1.165) is 57.8 Å². The number of unbranched alkanes of at least 4 members (excludes halogenated alkanes) is 24. The molecule has 10 nitrogen and oxygen atoms in total. The molecule has 10 heteroatoms. The van der Waals surface area contributed by atoms with Crippen LogP contribution in [0.15, 0.2) is 9.59 Å². The fourth-order valence-corrected chi connectivity index (χ4v) is 15.5. The molecule has 0 spiro atoms. The maximum Gasteiger partial charge on any atom is 0.309 e. The first-order chi connectivity index (χ1) is 37.9. The lowest BCUT2D eigenvalue weighted by molar-refractivity contribution is -0.197. The topological polar surface area (TPSA) is 137 Å². The van der Waals surface area contributed by atoms with E-state index in [0.29, 0.717) is 43.8 Å². The van der Waals surface area contributed by atoms with E-state index in [-0.39, 0.29) is 71.0 Å². The first kappa shape index (κ1) is 67.6. The fourth-order valence-electron chi connectivity index (χ4n) is 15.5. The van der Waals surface area contributed by atoms with E-state index in [1.807, 2.05) is 0 Å². The molecule has 4 saturated carbocycles. The highest BCUT2D eigenvalue weighted by atomic mass is 16.5. The molecule has 0 amide bonds. The summed E-state index contributed by atoms with van der Waals surface area (Å²) in [7, 11) is 1.61. The van der Waals surface area contributed by atoms with E-state index in [2.05, 4.69) is 45.3 Å². The third-order valence-electron chi connectivity index (χ3n) is 19.6. The molecule has 5 atom stereocenters. The van der Waals surface area contributed by atoms with Crippen molar-refractivity contribution in [2.45, 2.75) is 317 Å². The van der Waals surface area contributed by atoms with Crippen molar-refractivity contribution in [1.29, 1.82) is 0 Å². The molecule has 2 N–H and O–H groups in total. The first-order valence-corrected chi connectivity index (χ1v) is 33.6. The molecule has 78 heavy (non-hydrogen) atoms. The lowest BCUT2D eigenvalue weighted by Crippen LogP contribution is -2.59. The Kier molecular flexibility index (Phi) is 33.6. The number of carbonyl (C=O) groups is 3. The summed E-state index contributed by atoms with van der Waals surface area (Å²) in [6.07, 6.45) is 51.6. The van der Waals surface area contributed by atoms with E-state index in [4.69, 9.17) is 14.2 Å². The van der Waals surface area contributed by atoms with Crippen LogP contribution in [0.3, 0.4) is 0 Å². The highest BCUT2D eigenvalue weighted by Gasteiger charge is 2.65. The number of carbonyl (C=O) groups excluding carboxylic acids is 3. The second-order valence-corrected chi connectivity index (χ2v) is 26.2. The van der Waals surface area contributed by atoms with Crippen molar-refractivity contribution in [3.05, 3.63) is 20.4 Å². The minimum Gasteiger partial charge on any atom is -0.466 e. The molecule has 1 aromatic carbocycles. The van der Waals surface area contributed by atoms with Gasteiger partial charge in [0.1, 0.15) is 18.0 Å². The van der Waals surface area contributed by atoms with E-state index in [9.17, 15) is 24.0 Å². The number of anilines is 2. The third-order valence-corrected chi connectivity index (χ3v) is 19.6. The van der Waals surface area contributed by atoms with Crippen LogP contribution in [0.25, 0.3) is 0 Å². The molecule has 0 aliphatic heterocycles. The zero-order chi connectivity index (χ0) is 56.3. The van der Waals surface area contributed by atoms with Crippen LogP contribution in [0.2, 0.25) is 0 Å². The van der Waals surface area contributed by atoms with E-state index < -0.39 is 10.9 Å². The van der Waals surface area contributed by atoms with Gasteiger partial charge in [-0.15, -0.1) is 0 Å². The molecule has 5 unspecified atom stereocenters. The van der Waals surface area contributed by atoms with Gasteiger partial charge in [-0.25, -0.2) is 0 Å². The minimum atomic E-state index is -0.555. The quantitative estimate of drug-likeness (QED) is 0.0281. The molecule has 4 bridgehead atoms. The summed E-state index contributed by atoms with van der Waals surface area (Å²) in [6, 6.07) is 0. The Hall–Kier alpha value is -2.91. The molecule has 450 valence electrons. The Bertz CT molecular complexity index is 1820. The predicted molar refractivity (Wildman–Crippen MR) is 325 cm³/mol. The summed E-state index contributed by atoms with van der Waals surface area (Å²) in [6.45, 7) is 12.6. The lowest BCUT2D eigenvalue weighted by atomic mass is 9.36. The molecule has 4 aliphatic carbocycles. The average molecular weight is 1090 g/mol. The van der Waals surface area contributed by atoms with E-state index in [1.54, 1.807) is 7.05 Å². The molecular weight excluding hydrogens is 973 g/mol. The van der Waals surface area contributed by atoms with Gasteiger partial charge in [-0.05, 0) is 98.2 Å². The third kappa shape index (κ3) is 24.3. The van der Waals surface area contributed by atoms with Gasteiger partial charge in [0.25, 0.3) is 10.9 Å². The zero-order valence-electron chi connectivity index (χ0n) is 51.5. The minimum absolute atomic E-state index is 0.0649. The summed E-state index contributed by atoms with van der Waals surface area (Å²) >= 11 is 0. The Labute approximate surface area is 477 Å². The van der Waals surface area contributed by atoms with Crippen molar-refractivity contribution in [3.8, 4) is 0 Å². The number of ether oxygens (including phenoxy) is 3. The van der Waals surface area contributed by atoms with Crippen molar-refractivity contribution in [2.24, 2.45) is 39.9 Å². The van der Waals surface area contributed by atoms with Gasteiger partial charge < -0.3 is 24.8 Å². The Morgan fingerprint density at radius 3 is 1.26 bits per heavy atom. The van der Waals surface area contributed by atoms with Crippen LogP contribution in [0.5, 0.6) is 0 Å². The van der Waals surface area contributed by atoms with Gasteiger partial charge >= 0.3 is 17.9 Å². The molecule has 1 aromatic rings. The molecule has 0 heterocycles. The summed E-state index contributed by atoms with van der Waals surface area (Å²) in [5.74, 6) is 0.940. The van der Waals surface area contributed by atoms with Crippen molar-refractivity contribution >= 4 is 29.3 Å². The average Bonchev–Trinajstić information content (AvgIpc) is 3.62. The Morgan fingerprint density at radius 1 is 0.474 bits per heavy atom. The van der Waals surface area contributed by atoms with Crippen molar-refractivity contribution in [1.82, 2.24) is 0 Å².